The van der Waals surface area contributed by atoms with Crippen LogP contribution in [0.2, 0.25) is 5.02 Å². The third kappa shape index (κ3) is 3.05. The van der Waals surface area contributed by atoms with Crippen molar-refractivity contribution in [2.45, 2.75) is 19.3 Å². The maximum atomic E-state index is 6.22. The Balaban J connectivity index is 2.05. The summed E-state index contributed by atoms with van der Waals surface area (Å²) >= 11 is 14.8. The minimum absolute atomic E-state index is 0.339. The number of hydrogen-bond donors (Lipinski definition) is 2. The lowest BCUT2D eigenvalue weighted by molar-refractivity contribution is 0.900. The van der Waals surface area contributed by atoms with Gasteiger partial charge in [0.15, 0.2) is 0 Å². The number of rotatable bonds is 3. The lowest BCUT2D eigenvalue weighted by atomic mass is 10.1. The Morgan fingerprint density at radius 2 is 2.14 bits per heavy atom. The number of hydrogen-bond acceptors (Lipinski definition) is 3. The van der Waals surface area contributed by atoms with Crippen LogP contribution in [0.3, 0.4) is 0 Å². The van der Waals surface area contributed by atoms with Crippen molar-refractivity contribution < 1.29 is 0 Å². The zero-order valence-electron chi connectivity index (χ0n) is 11.1. The van der Waals surface area contributed by atoms with Gasteiger partial charge >= 0.3 is 0 Å². The Morgan fingerprint density at radius 3 is 2.90 bits per heavy atom. The molecule has 0 aliphatic heterocycles. The molecule has 3 nitrogen and oxygen atoms in total. The van der Waals surface area contributed by atoms with Crippen molar-refractivity contribution in [3.05, 3.63) is 50.6 Å². The monoisotopic (exact) mass is 381 g/mol. The van der Waals surface area contributed by atoms with Crippen LogP contribution < -0.4 is 11.1 Å². The molecule has 1 aliphatic carbocycles. The zero-order valence-corrected chi connectivity index (χ0v) is 14.3. The van der Waals surface area contributed by atoms with Gasteiger partial charge in [-0.1, -0.05) is 39.7 Å². The average Bonchev–Trinajstić information content (AvgIpc) is 2.89. The Kier molecular flexibility index (Phi) is 4.15. The van der Waals surface area contributed by atoms with E-state index in [-0.39, 0.29) is 0 Å². The second-order valence-electron chi connectivity index (χ2n) is 4.96. The normalized spacial score (nSPS) is 13.0. The van der Waals surface area contributed by atoms with Crippen LogP contribution in [0, 0.1) is 0 Å². The summed E-state index contributed by atoms with van der Waals surface area (Å²) in [4.78, 5) is 5.03. The molecule has 1 aromatic heterocycles. The first-order chi connectivity index (χ1) is 10.0. The highest BCUT2D eigenvalue weighted by Crippen LogP contribution is 2.31. The maximum Gasteiger partial charge on any atom is 0.140 e. The van der Waals surface area contributed by atoms with Gasteiger partial charge in [-0.3, -0.25) is 0 Å². The van der Waals surface area contributed by atoms with Crippen LogP contribution in [0.5, 0.6) is 0 Å². The van der Waals surface area contributed by atoms with Gasteiger partial charge in [0.2, 0.25) is 0 Å². The van der Waals surface area contributed by atoms with Crippen molar-refractivity contribution in [1.29, 1.82) is 0 Å². The summed E-state index contributed by atoms with van der Waals surface area (Å²) in [5.41, 5.74) is 9.73. The Labute approximate surface area is 142 Å². The number of aromatic nitrogens is 1. The standard InChI is InChI=1S/C15H13BrClN3S/c16-9-4-5-11(17)13(7-9)20-15-10(14(18)21)6-8-2-1-3-12(8)19-15/h4-7H,1-3H2,(H2,18,21)(H,19,20). The van der Waals surface area contributed by atoms with Crippen molar-refractivity contribution in [3.63, 3.8) is 0 Å². The molecule has 0 bridgehead atoms. The van der Waals surface area contributed by atoms with Gasteiger partial charge in [0.1, 0.15) is 10.8 Å². The molecule has 1 heterocycles. The molecule has 1 aromatic carbocycles. The molecule has 21 heavy (non-hydrogen) atoms. The van der Waals surface area contributed by atoms with E-state index in [1.807, 2.05) is 24.3 Å². The minimum Gasteiger partial charge on any atom is -0.389 e. The van der Waals surface area contributed by atoms with E-state index in [1.165, 1.54) is 5.56 Å². The first kappa shape index (κ1) is 14.8. The van der Waals surface area contributed by atoms with Crippen LogP contribution in [0.4, 0.5) is 11.5 Å². The van der Waals surface area contributed by atoms with E-state index in [0.717, 1.165) is 40.7 Å². The van der Waals surface area contributed by atoms with Gasteiger partial charge in [0, 0.05) is 10.2 Å². The number of nitrogens with one attached hydrogen (secondary N) is 1. The van der Waals surface area contributed by atoms with Crippen LogP contribution in [0.1, 0.15) is 23.2 Å². The fourth-order valence-corrected chi connectivity index (χ4v) is 3.16. The van der Waals surface area contributed by atoms with E-state index in [0.29, 0.717) is 15.8 Å². The second-order valence-corrected chi connectivity index (χ2v) is 6.72. The number of nitrogens with two attached hydrogens (primary N) is 1. The molecule has 0 atom stereocenters. The Bertz CT molecular complexity index is 733. The molecule has 0 amide bonds. The van der Waals surface area contributed by atoms with Gasteiger partial charge in [-0.2, -0.15) is 0 Å². The lowest BCUT2D eigenvalue weighted by Crippen LogP contribution is -2.14. The van der Waals surface area contributed by atoms with Crippen molar-refractivity contribution in [2.24, 2.45) is 5.73 Å². The van der Waals surface area contributed by atoms with E-state index in [9.17, 15) is 0 Å². The smallest absolute Gasteiger partial charge is 0.140 e. The number of benzene rings is 1. The first-order valence-corrected chi connectivity index (χ1v) is 8.17. The van der Waals surface area contributed by atoms with Crippen LogP contribution in [0.25, 0.3) is 0 Å². The molecule has 0 saturated heterocycles. The van der Waals surface area contributed by atoms with E-state index >= 15 is 0 Å². The predicted octanol–water partition coefficient (Wildman–Crippen LogP) is 4.36. The van der Waals surface area contributed by atoms with Crippen LogP contribution in [-0.2, 0) is 12.8 Å². The summed E-state index contributed by atoms with van der Waals surface area (Å²) in [7, 11) is 0. The van der Waals surface area contributed by atoms with Crippen molar-refractivity contribution in [1.82, 2.24) is 4.98 Å². The molecule has 3 N–H and O–H groups in total. The third-order valence-electron chi connectivity index (χ3n) is 3.50. The van der Waals surface area contributed by atoms with E-state index in [4.69, 9.17) is 29.6 Å². The largest absolute Gasteiger partial charge is 0.389 e. The number of aryl methyl sites for hydroxylation is 2. The van der Waals surface area contributed by atoms with Gasteiger partial charge in [-0.05, 0) is 49.1 Å². The van der Waals surface area contributed by atoms with Crippen LogP contribution in [-0.4, -0.2) is 9.97 Å². The molecule has 0 unspecified atom stereocenters. The predicted molar refractivity (Wildman–Crippen MR) is 94.6 cm³/mol. The summed E-state index contributed by atoms with van der Waals surface area (Å²) in [6.45, 7) is 0. The molecule has 6 heteroatoms. The van der Waals surface area contributed by atoms with Gasteiger partial charge < -0.3 is 11.1 Å². The van der Waals surface area contributed by atoms with Crippen molar-refractivity contribution in [3.8, 4) is 0 Å². The fraction of sp³-hybridized carbons (Fsp3) is 0.200. The van der Waals surface area contributed by atoms with Crippen LogP contribution in [0.15, 0.2) is 28.7 Å². The second kappa shape index (κ2) is 5.91. The molecule has 0 fully saturated rings. The summed E-state index contributed by atoms with van der Waals surface area (Å²) in [5.74, 6) is 0.670. The number of fused-ring (bicyclic) bond motifs is 1. The third-order valence-corrected chi connectivity index (χ3v) is 4.54. The van der Waals surface area contributed by atoms with Gasteiger partial charge in [-0.25, -0.2) is 4.98 Å². The lowest BCUT2D eigenvalue weighted by Gasteiger charge is -2.14. The highest BCUT2D eigenvalue weighted by molar-refractivity contribution is 9.10. The molecule has 1 aliphatic rings. The quantitative estimate of drug-likeness (QED) is 0.774. The molecular weight excluding hydrogens is 370 g/mol. The number of halogens is 2. The topological polar surface area (TPSA) is 50.9 Å². The van der Waals surface area contributed by atoms with Crippen molar-refractivity contribution in [2.75, 3.05) is 5.32 Å². The van der Waals surface area contributed by atoms with Crippen LogP contribution >= 0.6 is 39.7 Å². The minimum atomic E-state index is 0.339. The molecule has 2 aromatic rings. The summed E-state index contributed by atoms with van der Waals surface area (Å²) in [6, 6.07) is 7.66. The molecule has 0 saturated carbocycles. The van der Waals surface area contributed by atoms with Crippen molar-refractivity contribution >= 4 is 56.2 Å². The number of nitrogens with zero attached hydrogens (tertiary/aromatic N) is 1. The Hall–Kier alpha value is -1.17. The molecular formula is C15H13BrClN3S. The SMILES string of the molecule is NC(=S)c1cc2c(nc1Nc1cc(Br)ccc1Cl)CCC2. The molecule has 0 radical (unpaired) electrons. The summed E-state index contributed by atoms with van der Waals surface area (Å²) in [5, 5.41) is 3.87. The first-order valence-electron chi connectivity index (χ1n) is 6.59. The van der Waals surface area contributed by atoms with Gasteiger partial charge in [-0.15, -0.1) is 0 Å². The summed E-state index contributed by atoms with van der Waals surface area (Å²) < 4.78 is 0.937. The highest BCUT2D eigenvalue weighted by Gasteiger charge is 2.18. The Morgan fingerprint density at radius 1 is 1.33 bits per heavy atom. The highest BCUT2D eigenvalue weighted by atomic mass is 79.9. The zero-order chi connectivity index (χ0) is 15.0. The molecule has 108 valence electrons. The van der Waals surface area contributed by atoms with E-state index < -0.39 is 0 Å². The maximum absolute atomic E-state index is 6.22. The van der Waals surface area contributed by atoms with E-state index in [2.05, 4.69) is 26.2 Å². The molecule has 0 spiro atoms. The number of pyridine rings is 1. The fourth-order valence-electron chi connectivity index (χ4n) is 2.48. The van der Waals surface area contributed by atoms with Gasteiger partial charge in [0.25, 0.3) is 0 Å². The number of thiocarbonyl (C=S) groups is 1. The average molecular weight is 383 g/mol. The van der Waals surface area contributed by atoms with E-state index in [1.54, 1.807) is 0 Å². The summed E-state index contributed by atoms with van der Waals surface area (Å²) in [6.07, 6.45) is 3.16. The van der Waals surface area contributed by atoms with Gasteiger partial charge in [0.05, 0.1) is 16.3 Å². The molecule has 3 rings (SSSR count). The number of anilines is 2.